The minimum Gasteiger partial charge on any atom is -0.365 e. The van der Waals surface area contributed by atoms with E-state index in [1.165, 1.54) is 6.33 Å². The average Bonchev–Trinajstić information content (AvgIpc) is 1.97. The van der Waals surface area contributed by atoms with Crippen LogP contribution in [0, 0.1) is 0 Å². The summed E-state index contributed by atoms with van der Waals surface area (Å²) in [5, 5.41) is 6.85. The molecule has 0 atom stereocenters. The van der Waals surface area contributed by atoms with Crippen LogP contribution in [0.3, 0.4) is 0 Å². The van der Waals surface area contributed by atoms with E-state index >= 15 is 0 Å². The highest BCUT2D eigenvalue weighted by Gasteiger charge is 2.16. The zero-order valence-corrected chi connectivity index (χ0v) is 7.17. The molecule has 2 rings (SSSR count). The van der Waals surface area contributed by atoms with Crippen LogP contribution < -0.4 is 10.6 Å². The van der Waals surface area contributed by atoms with Gasteiger partial charge in [-0.2, -0.15) is 0 Å². The predicted molar refractivity (Wildman–Crippen MR) is 47.3 cm³/mol. The average molecular weight is 185 g/mol. The molecule has 0 unspecified atom stereocenters. The van der Waals surface area contributed by atoms with Crippen molar-refractivity contribution in [1.29, 1.82) is 0 Å². The summed E-state index contributed by atoms with van der Waals surface area (Å²) in [4.78, 5) is 7.82. The number of hydrogen-bond acceptors (Lipinski definition) is 4. The maximum atomic E-state index is 5.68. The first-order chi connectivity index (χ1) is 5.84. The van der Waals surface area contributed by atoms with Gasteiger partial charge in [0.2, 0.25) is 0 Å². The van der Waals surface area contributed by atoms with Gasteiger partial charge in [0.25, 0.3) is 0 Å². The molecule has 64 valence electrons. The van der Waals surface area contributed by atoms with Gasteiger partial charge in [-0.1, -0.05) is 11.6 Å². The fraction of sp³-hybridized carbons (Fsp3) is 0.429. The highest BCUT2D eigenvalue weighted by atomic mass is 35.5. The van der Waals surface area contributed by atoms with Crippen LogP contribution in [0.5, 0.6) is 0 Å². The topological polar surface area (TPSA) is 49.8 Å². The molecule has 0 aliphatic carbocycles. The Morgan fingerprint density at radius 1 is 1.50 bits per heavy atom. The van der Waals surface area contributed by atoms with Crippen molar-refractivity contribution in [3.63, 3.8) is 0 Å². The van der Waals surface area contributed by atoms with Crippen molar-refractivity contribution in [2.75, 3.05) is 18.4 Å². The van der Waals surface area contributed by atoms with Gasteiger partial charge in [0.05, 0.1) is 6.04 Å². The van der Waals surface area contributed by atoms with E-state index in [0.29, 0.717) is 11.2 Å². The maximum Gasteiger partial charge on any atom is 0.134 e. The lowest BCUT2D eigenvalue weighted by Crippen LogP contribution is -2.51. The van der Waals surface area contributed by atoms with Gasteiger partial charge in [-0.25, -0.2) is 9.97 Å². The molecule has 0 spiro atoms. The third kappa shape index (κ3) is 1.65. The molecule has 0 radical (unpaired) electrons. The molecule has 1 saturated heterocycles. The number of anilines is 1. The second-order valence-electron chi connectivity index (χ2n) is 2.73. The van der Waals surface area contributed by atoms with E-state index in [4.69, 9.17) is 11.6 Å². The minimum absolute atomic E-state index is 0.472. The summed E-state index contributed by atoms with van der Waals surface area (Å²) in [6, 6.07) is 2.20. The molecule has 5 heteroatoms. The summed E-state index contributed by atoms with van der Waals surface area (Å²) in [6.45, 7) is 1.98. The van der Waals surface area contributed by atoms with E-state index in [1.807, 2.05) is 0 Å². The monoisotopic (exact) mass is 184 g/mol. The van der Waals surface area contributed by atoms with Crippen molar-refractivity contribution in [3.8, 4) is 0 Å². The lowest BCUT2D eigenvalue weighted by molar-refractivity contribution is 0.471. The fourth-order valence-corrected chi connectivity index (χ4v) is 1.16. The van der Waals surface area contributed by atoms with Gasteiger partial charge in [0.15, 0.2) is 0 Å². The molecule has 1 aromatic heterocycles. The molecule has 0 aromatic carbocycles. The molecule has 1 aliphatic heterocycles. The molecule has 1 aromatic rings. The predicted octanol–water partition coefficient (Wildman–Crippen LogP) is 0.514. The molecule has 4 nitrogen and oxygen atoms in total. The Hall–Kier alpha value is -0.870. The number of halogens is 1. The summed E-state index contributed by atoms with van der Waals surface area (Å²) >= 11 is 5.68. The summed E-state index contributed by atoms with van der Waals surface area (Å²) < 4.78 is 0. The van der Waals surface area contributed by atoms with Crippen LogP contribution in [-0.4, -0.2) is 29.1 Å². The Morgan fingerprint density at radius 3 is 2.92 bits per heavy atom. The Balaban J connectivity index is 2.02. The summed E-state index contributed by atoms with van der Waals surface area (Å²) in [7, 11) is 0. The molecule has 0 amide bonds. The number of nitrogens with one attached hydrogen (secondary N) is 2. The van der Waals surface area contributed by atoms with Gasteiger partial charge in [-0.3, -0.25) is 0 Å². The van der Waals surface area contributed by atoms with Crippen molar-refractivity contribution < 1.29 is 0 Å². The van der Waals surface area contributed by atoms with Gasteiger partial charge < -0.3 is 10.6 Å². The van der Waals surface area contributed by atoms with Crippen molar-refractivity contribution in [2.24, 2.45) is 0 Å². The zero-order chi connectivity index (χ0) is 8.39. The van der Waals surface area contributed by atoms with E-state index in [2.05, 4.69) is 20.6 Å². The Morgan fingerprint density at radius 2 is 2.33 bits per heavy atom. The van der Waals surface area contributed by atoms with Crippen molar-refractivity contribution in [1.82, 2.24) is 15.3 Å². The Labute approximate surface area is 75.4 Å². The molecule has 0 saturated carbocycles. The molecule has 1 fully saturated rings. The number of rotatable bonds is 2. The van der Waals surface area contributed by atoms with Crippen LogP contribution in [0.15, 0.2) is 12.4 Å². The van der Waals surface area contributed by atoms with E-state index in [9.17, 15) is 0 Å². The van der Waals surface area contributed by atoms with Crippen LogP contribution in [0.25, 0.3) is 0 Å². The normalized spacial score (nSPS) is 17.1. The smallest absolute Gasteiger partial charge is 0.134 e. The second kappa shape index (κ2) is 3.25. The first-order valence-corrected chi connectivity index (χ1v) is 4.17. The lowest BCUT2D eigenvalue weighted by Gasteiger charge is -2.28. The highest BCUT2D eigenvalue weighted by molar-refractivity contribution is 6.29. The highest BCUT2D eigenvalue weighted by Crippen LogP contribution is 2.10. The van der Waals surface area contributed by atoms with Gasteiger partial charge in [-0.05, 0) is 0 Å². The third-order valence-electron chi connectivity index (χ3n) is 1.77. The van der Waals surface area contributed by atoms with Gasteiger partial charge in [-0.15, -0.1) is 0 Å². The number of nitrogens with zero attached hydrogens (tertiary/aromatic N) is 2. The number of aromatic nitrogens is 2. The van der Waals surface area contributed by atoms with Crippen LogP contribution in [0.2, 0.25) is 5.15 Å². The minimum atomic E-state index is 0.472. The van der Waals surface area contributed by atoms with Gasteiger partial charge >= 0.3 is 0 Å². The third-order valence-corrected chi connectivity index (χ3v) is 1.97. The van der Waals surface area contributed by atoms with E-state index in [1.54, 1.807) is 6.07 Å². The molecule has 0 bridgehead atoms. The van der Waals surface area contributed by atoms with Crippen LogP contribution in [-0.2, 0) is 0 Å². The molecule has 2 heterocycles. The van der Waals surface area contributed by atoms with Crippen LogP contribution >= 0.6 is 11.6 Å². The van der Waals surface area contributed by atoms with E-state index < -0.39 is 0 Å². The molecule has 2 N–H and O–H groups in total. The quantitative estimate of drug-likeness (QED) is 0.658. The number of hydrogen-bond donors (Lipinski definition) is 2. The van der Waals surface area contributed by atoms with Crippen LogP contribution in [0.4, 0.5) is 5.82 Å². The van der Waals surface area contributed by atoms with Crippen molar-refractivity contribution in [3.05, 3.63) is 17.5 Å². The Bertz CT molecular complexity index is 274. The molecular weight excluding hydrogens is 176 g/mol. The lowest BCUT2D eigenvalue weighted by atomic mass is 10.2. The summed E-state index contributed by atoms with van der Waals surface area (Å²) in [5.74, 6) is 0.793. The van der Waals surface area contributed by atoms with Crippen molar-refractivity contribution >= 4 is 17.4 Å². The fourth-order valence-electron chi connectivity index (χ4n) is 1.01. The summed E-state index contributed by atoms with van der Waals surface area (Å²) in [6.07, 6.45) is 1.46. The first-order valence-electron chi connectivity index (χ1n) is 3.79. The molecule has 1 aliphatic rings. The molecule has 12 heavy (non-hydrogen) atoms. The zero-order valence-electron chi connectivity index (χ0n) is 6.42. The standard InChI is InChI=1S/C7H9ClN4/c8-6-1-7(11-4-10-6)12-5-2-9-3-5/h1,4-5,9H,2-3H2,(H,10,11,12). The summed E-state index contributed by atoms with van der Waals surface area (Å²) in [5.41, 5.74) is 0. The van der Waals surface area contributed by atoms with E-state index in [0.717, 1.165) is 18.9 Å². The van der Waals surface area contributed by atoms with Crippen LogP contribution in [0.1, 0.15) is 0 Å². The van der Waals surface area contributed by atoms with Gasteiger partial charge in [0.1, 0.15) is 17.3 Å². The largest absolute Gasteiger partial charge is 0.365 e. The second-order valence-corrected chi connectivity index (χ2v) is 3.11. The maximum absolute atomic E-state index is 5.68. The SMILES string of the molecule is Clc1cc(NC2CNC2)ncn1. The van der Waals surface area contributed by atoms with Gasteiger partial charge in [0, 0.05) is 19.2 Å². The van der Waals surface area contributed by atoms with Crippen molar-refractivity contribution in [2.45, 2.75) is 6.04 Å². The first kappa shape index (κ1) is 7.76. The molecular formula is C7H9ClN4. The Kier molecular flexibility index (Phi) is 2.10. The van der Waals surface area contributed by atoms with E-state index in [-0.39, 0.29) is 0 Å².